The smallest absolute Gasteiger partial charge is 0.548 e. The second-order valence-corrected chi connectivity index (χ2v) is 7.35. The molecule has 153 valence electrons. The van der Waals surface area contributed by atoms with E-state index in [1.807, 2.05) is 42.9 Å². The number of hydrogen-bond donors (Lipinski definition) is 2. The van der Waals surface area contributed by atoms with Crippen LogP contribution < -0.4 is 66.1 Å². The number of aliphatic carboxylic acids is 1. The molecule has 0 unspecified atom stereocenters. The van der Waals surface area contributed by atoms with Crippen molar-refractivity contribution in [1.82, 2.24) is 14.8 Å². The molecule has 31 heavy (non-hydrogen) atoms. The Morgan fingerprint density at radius 3 is 2.71 bits per heavy atom. The summed E-state index contributed by atoms with van der Waals surface area (Å²) in [5, 5.41) is 16.5. The molecule has 0 spiro atoms. The van der Waals surface area contributed by atoms with E-state index in [4.69, 9.17) is 29.2 Å². The first-order valence-electron chi connectivity index (χ1n) is 9.13. The van der Waals surface area contributed by atoms with Crippen LogP contribution in [0.25, 0.3) is 5.69 Å². The van der Waals surface area contributed by atoms with E-state index in [0.29, 0.717) is 21.0 Å². The molecule has 0 saturated carbocycles. The topological polar surface area (TPSA) is 101 Å². The van der Waals surface area contributed by atoms with E-state index in [0.717, 1.165) is 29.8 Å². The van der Waals surface area contributed by atoms with Gasteiger partial charge < -0.3 is 19.5 Å². The maximum absolute atomic E-state index is 10.9. The number of benzene rings is 2. The molecule has 0 fully saturated rings. The van der Waals surface area contributed by atoms with Gasteiger partial charge in [-0.25, -0.2) is 4.99 Å². The molecule has 11 heteroatoms. The minimum absolute atomic E-state index is 0. The maximum Gasteiger partial charge on any atom is 1.00 e. The molecule has 1 radical (unpaired) electrons. The van der Waals surface area contributed by atoms with Gasteiger partial charge in [-0.05, 0) is 79.2 Å². The molecule has 0 saturated heterocycles. The zero-order chi connectivity index (χ0) is 21.1. The molecule has 0 aliphatic carbocycles. The van der Waals surface area contributed by atoms with Crippen LogP contribution in [0.5, 0.6) is 5.75 Å². The average molecular weight is 479 g/mol. The molecule has 1 aromatic heterocycles. The standard InChI is InChI=1S/C20H18N5O3S2.K/c26-18(27)11-24-8-2-3-13-9-16(6-7-17(13)24)28-12-21-14-4-1-5-15(10-14)25-19(29)22-23-20(25)30;/h1,4-10,12H,2-3,11H2,(H,22,29)(H,23,30)(H,26,27);/q;+1/p-1. The summed E-state index contributed by atoms with van der Waals surface area (Å²) >= 11 is 10.5. The van der Waals surface area contributed by atoms with Crippen LogP contribution in [0.2, 0.25) is 0 Å². The Balaban J connectivity index is 0.00000272. The predicted octanol–water partition coefficient (Wildman–Crippen LogP) is -0.000430. The van der Waals surface area contributed by atoms with Crippen molar-refractivity contribution in [2.24, 2.45) is 4.99 Å². The molecule has 0 amide bonds. The summed E-state index contributed by atoms with van der Waals surface area (Å²) in [6.07, 6.45) is 2.94. The molecule has 1 aliphatic rings. The van der Waals surface area contributed by atoms with Gasteiger partial charge in [-0.3, -0.25) is 14.8 Å². The number of fused-ring (bicyclic) bond motifs is 1. The molecule has 3 aromatic rings. The van der Waals surface area contributed by atoms with E-state index < -0.39 is 5.97 Å². The number of carbonyl (C=O) groups excluding carboxylic acids is 1. The van der Waals surface area contributed by atoms with Crippen molar-refractivity contribution < 1.29 is 66.0 Å². The van der Waals surface area contributed by atoms with Gasteiger partial charge in [-0.15, -0.1) is 0 Å². The van der Waals surface area contributed by atoms with Crippen LogP contribution in [-0.4, -0.2) is 33.7 Å². The average Bonchev–Trinajstić information content (AvgIpc) is 3.06. The fourth-order valence-corrected chi connectivity index (χ4v) is 3.84. The van der Waals surface area contributed by atoms with Crippen molar-refractivity contribution in [3.63, 3.8) is 0 Å². The summed E-state index contributed by atoms with van der Waals surface area (Å²) < 4.78 is 8.30. The Kier molecular flexibility index (Phi) is 8.39. The van der Waals surface area contributed by atoms with E-state index in [-0.39, 0.29) is 57.9 Å². The molecular weight excluding hydrogens is 461 g/mol. The predicted molar refractivity (Wildman–Crippen MR) is 116 cm³/mol. The van der Waals surface area contributed by atoms with E-state index in [2.05, 4.69) is 15.2 Å². The van der Waals surface area contributed by atoms with Crippen molar-refractivity contribution in [2.45, 2.75) is 12.8 Å². The summed E-state index contributed by atoms with van der Waals surface area (Å²) in [4.78, 5) is 17.0. The van der Waals surface area contributed by atoms with Crippen LogP contribution in [0.3, 0.4) is 0 Å². The number of aromatic nitrogens is 3. The van der Waals surface area contributed by atoms with Crippen molar-refractivity contribution in [3.05, 3.63) is 64.1 Å². The van der Waals surface area contributed by atoms with Crippen molar-refractivity contribution in [1.29, 1.82) is 0 Å². The number of aryl methyl sites for hydroxylation is 1. The van der Waals surface area contributed by atoms with Gasteiger partial charge in [0.25, 0.3) is 0 Å². The third kappa shape index (κ3) is 5.80. The van der Waals surface area contributed by atoms with Gasteiger partial charge in [0.2, 0.25) is 0 Å². The van der Waals surface area contributed by atoms with Gasteiger partial charge in [0.1, 0.15) is 5.75 Å². The third-order valence-corrected chi connectivity index (χ3v) is 5.15. The number of aliphatic imine (C=N–C) groups is 1. The number of rotatable bonds is 6. The van der Waals surface area contributed by atoms with E-state index in [1.54, 1.807) is 15.5 Å². The molecule has 1 aliphatic heterocycles. The Morgan fingerprint density at radius 2 is 1.97 bits per heavy atom. The number of carboxylic acids is 1. The summed E-state index contributed by atoms with van der Waals surface area (Å²) in [5.74, 6) is -0.491. The van der Waals surface area contributed by atoms with Gasteiger partial charge >= 0.3 is 51.4 Å². The second kappa shape index (κ2) is 10.8. The van der Waals surface area contributed by atoms with Crippen LogP contribution in [0.15, 0.2) is 47.5 Å². The number of H-pyrrole nitrogens is 2. The van der Waals surface area contributed by atoms with Crippen molar-refractivity contribution in [3.8, 4) is 11.4 Å². The number of anilines is 1. The Bertz CT molecular complexity index is 1210. The van der Waals surface area contributed by atoms with E-state index in [9.17, 15) is 9.90 Å². The second-order valence-electron chi connectivity index (χ2n) is 6.58. The number of carboxylic acid groups (broad SMARTS) is 1. The zero-order valence-electron chi connectivity index (χ0n) is 16.7. The molecule has 2 aromatic carbocycles. The number of ether oxygens (including phenoxy) is 1. The monoisotopic (exact) mass is 478 g/mol. The van der Waals surface area contributed by atoms with Gasteiger partial charge in [0.15, 0.2) is 15.9 Å². The van der Waals surface area contributed by atoms with Crippen LogP contribution >= 0.6 is 24.4 Å². The number of carbonyl (C=O) groups is 1. The van der Waals surface area contributed by atoms with E-state index in [1.165, 1.54) is 6.40 Å². The molecular formula is C20H17KN5O3S2. The van der Waals surface area contributed by atoms with Gasteiger partial charge in [0, 0.05) is 5.69 Å². The SMILES string of the molecule is O=C([O-])CN1[CH]CCc2cc(OC=Nc3cccc(-n4c(=S)[nH][nH]c4=S)c3)ccc21.[K+]. The fraction of sp³-hybridized carbons (Fsp3) is 0.150. The third-order valence-electron chi connectivity index (χ3n) is 4.58. The summed E-state index contributed by atoms with van der Waals surface area (Å²) in [7, 11) is 0. The fourth-order valence-electron chi connectivity index (χ4n) is 3.28. The normalized spacial score (nSPS) is 13.0. The molecule has 0 atom stereocenters. The first-order chi connectivity index (χ1) is 14.5. The summed E-state index contributed by atoms with van der Waals surface area (Å²) in [6, 6.07) is 12.9. The summed E-state index contributed by atoms with van der Waals surface area (Å²) in [6.45, 7) is 1.70. The van der Waals surface area contributed by atoms with Gasteiger partial charge in [-0.1, -0.05) is 6.07 Å². The minimum Gasteiger partial charge on any atom is -0.548 e. The Labute approximate surface area is 231 Å². The first-order valence-corrected chi connectivity index (χ1v) is 9.95. The Hall–Kier alpha value is -1.60. The number of hydrogen-bond acceptors (Lipinski definition) is 7. The minimum atomic E-state index is -1.11. The number of nitrogens with one attached hydrogen (secondary N) is 2. The first kappa shape index (κ1) is 24.0. The maximum atomic E-state index is 10.9. The molecule has 4 rings (SSSR count). The number of aromatic amines is 2. The van der Waals surface area contributed by atoms with Crippen LogP contribution in [-0.2, 0) is 11.2 Å². The summed E-state index contributed by atoms with van der Waals surface area (Å²) in [5.41, 5.74) is 3.33. The van der Waals surface area contributed by atoms with Crippen LogP contribution in [0.4, 0.5) is 11.4 Å². The van der Waals surface area contributed by atoms with E-state index >= 15 is 0 Å². The van der Waals surface area contributed by atoms with Crippen molar-refractivity contribution in [2.75, 3.05) is 11.4 Å². The molecule has 2 N–H and O–H groups in total. The van der Waals surface area contributed by atoms with Gasteiger partial charge in [0.05, 0.1) is 30.4 Å². The largest absolute Gasteiger partial charge is 1.00 e. The molecule has 0 bridgehead atoms. The quantitative estimate of drug-likeness (QED) is 0.224. The van der Waals surface area contributed by atoms with Crippen LogP contribution in [0, 0.1) is 16.1 Å². The molecule has 2 heterocycles. The Morgan fingerprint density at radius 1 is 1.19 bits per heavy atom. The van der Waals surface area contributed by atoms with Gasteiger partial charge in [-0.2, -0.15) is 0 Å². The van der Waals surface area contributed by atoms with Crippen LogP contribution in [0.1, 0.15) is 12.0 Å². The number of nitrogens with zero attached hydrogens (tertiary/aromatic N) is 3. The zero-order valence-corrected chi connectivity index (χ0v) is 21.5. The molecule has 8 nitrogen and oxygen atoms in total. The van der Waals surface area contributed by atoms with Crippen molar-refractivity contribution >= 4 is 48.2 Å².